The van der Waals surface area contributed by atoms with Crippen molar-refractivity contribution in [1.29, 1.82) is 0 Å². The van der Waals surface area contributed by atoms with Crippen molar-refractivity contribution in [2.75, 3.05) is 0 Å². The lowest BCUT2D eigenvalue weighted by Crippen LogP contribution is -2.32. The molecule has 0 amide bonds. The SMILES string of the molecule is CC(=O)O[C@@H]1c2ccc(cc2)CCc2ccc(cc2)[C@@H]1OC(=O)CC1(C)O[C@@H]2c3ccc(cc3)CCc3ccc(cc3)[C@H]2O1. The Hall–Kier alpha value is -4.26. The molecule has 8 bridgehead atoms. The summed E-state index contributed by atoms with van der Waals surface area (Å²) in [4.78, 5) is 26.1. The Balaban J connectivity index is 1.18. The first kappa shape index (κ1) is 28.5. The van der Waals surface area contributed by atoms with Crippen LogP contribution in [0.5, 0.6) is 0 Å². The third kappa shape index (κ3) is 5.92. The average Bonchev–Trinajstić information content (AvgIpc) is 3.37. The van der Waals surface area contributed by atoms with Gasteiger partial charge in [0.15, 0.2) is 18.0 Å². The van der Waals surface area contributed by atoms with Crippen molar-refractivity contribution in [1.82, 2.24) is 0 Å². The van der Waals surface area contributed by atoms with Crippen molar-refractivity contribution in [2.24, 2.45) is 0 Å². The van der Waals surface area contributed by atoms with Crippen molar-refractivity contribution in [3.05, 3.63) is 142 Å². The zero-order valence-electron chi connectivity index (χ0n) is 25.0. The second-order valence-electron chi connectivity index (χ2n) is 12.3. The van der Waals surface area contributed by atoms with Gasteiger partial charge in [0.2, 0.25) is 0 Å². The van der Waals surface area contributed by atoms with E-state index in [-0.39, 0.29) is 6.42 Å². The summed E-state index contributed by atoms with van der Waals surface area (Å²) in [6.07, 6.45) is 1.14. The van der Waals surface area contributed by atoms with Gasteiger partial charge in [-0.15, -0.1) is 0 Å². The average molecular weight is 589 g/mol. The van der Waals surface area contributed by atoms with Crippen LogP contribution in [0, 0.1) is 0 Å². The van der Waals surface area contributed by atoms with Crippen LogP contribution in [-0.4, -0.2) is 17.7 Å². The van der Waals surface area contributed by atoms with E-state index in [0.29, 0.717) is 0 Å². The predicted octanol–water partition coefficient (Wildman–Crippen LogP) is 7.41. The number of carbonyl (C=O) groups is 2. The van der Waals surface area contributed by atoms with Crippen molar-refractivity contribution in [3.63, 3.8) is 0 Å². The van der Waals surface area contributed by atoms with Crippen LogP contribution in [0.1, 0.15) is 89.2 Å². The highest BCUT2D eigenvalue weighted by Gasteiger charge is 2.48. The summed E-state index contributed by atoms with van der Waals surface area (Å²) in [6, 6.07) is 32.9. The Kier molecular flexibility index (Phi) is 7.57. The summed E-state index contributed by atoms with van der Waals surface area (Å²) in [5, 5.41) is 0. The smallest absolute Gasteiger partial charge is 0.312 e. The molecule has 9 aliphatic rings. The molecule has 1 heterocycles. The maximum atomic E-state index is 13.8. The van der Waals surface area contributed by atoms with Crippen LogP contribution in [0.2, 0.25) is 0 Å². The van der Waals surface area contributed by atoms with Crippen LogP contribution in [-0.2, 0) is 54.2 Å². The molecular formula is C38H36O6. The Morgan fingerprint density at radius 3 is 1.30 bits per heavy atom. The maximum Gasteiger partial charge on any atom is 0.312 e. The van der Waals surface area contributed by atoms with E-state index in [4.69, 9.17) is 18.9 Å². The quantitative estimate of drug-likeness (QED) is 0.231. The van der Waals surface area contributed by atoms with Crippen LogP contribution in [0.3, 0.4) is 0 Å². The van der Waals surface area contributed by atoms with Gasteiger partial charge in [0.25, 0.3) is 0 Å². The van der Waals surface area contributed by atoms with Crippen LogP contribution < -0.4 is 0 Å². The number of aryl methyl sites for hydroxylation is 4. The molecule has 0 aromatic heterocycles. The normalized spacial score (nSPS) is 23.1. The van der Waals surface area contributed by atoms with Gasteiger partial charge in [-0.25, -0.2) is 0 Å². The number of ether oxygens (including phenoxy) is 4. The molecule has 0 saturated carbocycles. The van der Waals surface area contributed by atoms with Crippen LogP contribution in [0.4, 0.5) is 0 Å². The molecule has 8 aliphatic carbocycles. The van der Waals surface area contributed by atoms with E-state index < -0.39 is 42.1 Å². The van der Waals surface area contributed by atoms with Crippen LogP contribution >= 0.6 is 0 Å². The molecule has 1 aliphatic heterocycles. The molecule has 4 atom stereocenters. The first-order valence-electron chi connectivity index (χ1n) is 15.4. The maximum absolute atomic E-state index is 13.8. The van der Waals surface area contributed by atoms with Gasteiger partial charge in [-0.3, -0.25) is 9.59 Å². The van der Waals surface area contributed by atoms with Gasteiger partial charge in [0, 0.05) is 6.92 Å². The molecule has 0 N–H and O–H groups in total. The zero-order chi connectivity index (χ0) is 30.3. The van der Waals surface area contributed by atoms with Gasteiger partial charge < -0.3 is 18.9 Å². The zero-order valence-corrected chi connectivity index (χ0v) is 25.0. The molecule has 6 heteroatoms. The van der Waals surface area contributed by atoms with Crippen molar-refractivity contribution in [3.8, 4) is 0 Å². The molecule has 44 heavy (non-hydrogen) atoms. The van der Waals surface area contributed by atoms with Crippen molar-refractivity contribution in [2.45, 2.75) is 76.2 Å². The highest BCUT2D eigenvalue weighted by molar-refractivity contribution is 5.71. The number of benzene rings is 4. The summed E-state index contributed by atoms with van der Waals surface area (Å²) in [5.74, 6) is -2.20. The van der Waals surface area contributed by atoms with Gasteiger partial charge in [-0.1, -0.05) is 97.1 Å². The third-order valence-corrected chi connectivity index (χ3v) is 8.96. The minimum Gasteiger partial charge on any atom is -0.453 e. The summed E-state index contributed by atoms with van der Waals surface area (Å²) in [5.41, 5.74) is 8.41. The molecule has 1 fully saturated rings. The Morgan fingerprint density at radius 1 is 0.591 bits per heavy atom. The fourth-order valence-electron chi connectivity index (χ4n) is 6.56. The van der Waals surface area contributed by atoms with E-state index in [1.807, 2.05) is 48.5 Å². The first-order chi connectivity index (χ1) is 21.3. The number of hydrogen-bond donors (Lipinski definition) is 0. The Labute approximate surface area is 257 Å². The molecule has 0 spiro atoms. The predicted molar refractivity (Wildman–Crippen MR) is 165 cm³/mol. The van der Waals surface area contributed by atoms with E-state index >= 15 is 0 Å². The minimum atomic E-state index is -1.24. The molecule has 4 aromatic carbocycles. The molecule has 0 unspecified atom stereocenters. The van der Waals surface area contributed by atoms with Crippen LogP contribution in [0.25, 0.3) is 0 Å². The molecule has 224 valence electrons. The minimum absolute atomic E-state index is 0.142. The highest BCUT2D eigenvalue weighted by Crippen LogP contribution is 2.49. The molecule has 13 rings (SSSR count). The van der Waals surface area contributed by atoms with Gasteiger partial charge >= 0.3 is 11.9 Å². The van der Waals surface area contributed by atoms with Crippen molar-refractivity contribution < 1.29 is 28.5 Å². The van der Waals surface area contributed by atoms with Crippen molar-refractivity contribution >= 4 is 11.9 Å². The van der Waals surface area contributed by atoms with E-state index in [1.54, 1.807) is 6.92 Å². The monoisotopic (exact) mass is 588 g/mol. The number of carbonyl (C=O) groups excluding carboxylic acids is 2. The van der Waals surface area contributed by atoms with E-state index in [2.05, 4.69) is 48.5 Å². The molecule has 1 saturated heterocycles. The van der Waals surface area contributed by atoms with Gasteiger partial charge in [-0.2, -0.15) is 0 Å². The number of rotatable bonds is 4. The van der Waals surface area contributed by atoms with E-state index in [1.165, 1.54) is 29.2 Å². The van der Waals surface area contributed by atoms with Crippen LogP contribution in [0.15, 0.2) is 97.1 Å². The number of hydrogen-bond acceptors (Lipinski definition) is 6. The second kappa shape index (κ2) is 11.7. The molecule has 6 nitrogen and oxygen atoms in total. The number of esters is 2. The van der Waals surface area contributed by atoms with Gasteiger partial charge in [-0.05, 0) is 77.1 Å². The molecule has 4 aromatic rings. The second-order valence-corrected chi connectivity index (χ2v) is 12.3. The lowest BCUT2D eigenvalue weighted by atomic mass is 9.93. The fourth-order valence-corrected chi connectivity index (χ4v) is 6.56. The third-order valence-electron chi connectivity index (χ3n) is 8.96. The van der Waals surface area contributed by atoms with Gasteiger partial charge in [0.05, 0.1) is 6.42 Å². The largest absolute Gasteiger partial charge is 0.453 e. The lowest BCUT2D eigenvalue weighted by molar-refractivity contribution is -0.194. The first-order valence-corrected chi connectivity index (χ1v) is 15.4. The van der Waals surface area contributed by atoms with E-state index in [0.717, 1.165) is 47.9 Å². The summed E-state index contributed by atoms with van der Waals surface area (Å²) < 4.78 is 25.2. The molecule has 0 radical (unpaired) electrons. The lowest BCUT2D eigenvalue weighted by Gasteiger charge is -2.29. The van der Waals surface area contributed by atoms with E-state index in [9.17, 15) is 9.59 Å². The fraction of sp³-hybridized carbons (Fsp3) is 0.316. The highest BCUT2D eigenvalue weighted by atomic mass is 16.8. The summed E-state index contributed by atoms with van der Waals surface area (Å²) in [6.45, 7) is 3.16. The molecular weight excluding hydrogens is 552 g/mol. The Morgan fingerprint density at radius 2 is 0.932 bits per heavy atom. The van der Waals surface area contributed by atoms with Gasteiger partial charge in [0.1, 0.15) is 12.2 Å². The standard InChI is InChI=1S/C38H36O6/c1-24(39)41-34-29-15-7-25(8-16-29)3-4-26-9-17-30(18-10-26)35(34)42-33(40)23-38(2)43-36-31-19-11-27(12-20-31)5-6-28-13-21-32(22-14-28)37(36)44-38/h7-22,34-37H,3-6,23H2,1-2H3/t34-,35+,36-,37-/m1/s1. The summed E-state index contributed by atoms with van der Waals surface area (Å²) >= 11 is 0. The topological polar surface area (TPSA) is 71.1 Å². The summed E-state index contributed by atoms with van der Waals surface area (Å²) in [7, 11) is 0. The Bertz CT molecular complexity index is 1580.